The first-order valence-corrected chi connectivity index (χ1v) is 11.7. The first kappa shape index (κ1) is 23.5. The highest BCUT2D eigenvalue weighted by Gasteiger charge is 2.52. The van der Waals surface area contributed by atoms with Crippen LogP contribution in [-0.4, -0.2) is 88.8 Å². The van der Waals surface area contributed by atoms with Crippen molar-refractivity contribution in [3.05, 3.63) is 35.9 Å². The number of piperazine rings is 1. The van der Waals surface area contributed by atoms with Gasteiger partial charge in [0, 0.05) is 39.1 Å². The largest absolute Gasteiger partial charge is 0.445 e. The maximum Gasteiger partial charge on any atom is 0.410 e. The zero-order valence-corrected chi connectivity index (χ0v) is 19.0. The average molecular weight is 462 g/mol. The van der Waals surface area contributed by atoms with Crippen LogP contribution < -0.4 is 0 Å². The van der Waals surface area contributed by atoms with Gasteiger partial charge in [0.2, 0.25) is 5.91 Å². The van der Waals surface area contributed by atoms with Gasteiger partial charge in [-0.3, -0.25) is 14.5 Å². The van der Waals surface area contributed by atoms with Crippen LogP contribution in [0.3, 0.4) is 0 Å². The van der Waals surface area contributed by atoms with Gasteiger partial charge in [-0.2, -0.15) is 0 Å². The zero-order valence-electron chi connectivity index (χ0n) is 19.0. The standard InChI is InChI=1S/C24H32FN3O5/c1-17-21(30)26(13-14-28(17)23(32)33-16-18-5-3-2-4-6-18)11-7-19(25)22(31)27-12-10-24(8-9-24)20(29)15-27/h2-6,17,19-20,29H,7-16H2,1H3/t17-,19-,20+/m0/s1. The van der Waals surface area contributed by atoms with Gasteiger partial charge >= 0.3 is 6.09 Å². The highest BCUT2D eigenvalue weighted by atomic mass is 19.1. The lowest BCUT2D eigenvalue weighted by atomic mass is 9.90. The van der Waals surface area contributed by atoms with E-state index in [0.29, 0.717) is 13.0 Å². The summed E-state index contributed by atoms with van der Waals surface area (Å²) in [5.74, 6) is -0.908. The van der Waals surface area contributed by atoms with Crippen LogP contribution in [0.5, 0.6) is 0 Å². The number of rotatable bonds is 6. The van der Waals surface area contributed by atoms with Gasteiger partial charge < -0.3 is 19.6 Å². The van der Waals surface area contributed by atoms with E-state index in [2.05, 4.69) is 0 Å². The van der Waals surface area contributed by atoms with E-state index in [-0.39, 0.29) is 50.5 Å². The lowest BCUT2D eigenvalue weighted by Gasteiger charge is -2.39. The molecule has 0 bridgehead atoms. The molecule has 2 heterocycles. The second-order valence-electron chi connectivity index (χ2n) is 9.40. The third-order valence-corrected chi connectivity index (χ3v) is 7.29. The molecule has 9 heteroatoms. The minimum absolute atomic E-state index is 0.0485. The summed E-state index contributed by atoms with van der Waals surface area (Å²) in [5.41, 5.74) is 0.809. The number of alkyl halides is 1. The van der Waals surface area contributed by atoms with E-state index in [9.17, 15) is 23.9 Å². The second-order valence-corrected chi connectivity index (χ2v) is 9.40. The summed E-state index contributed by atoms with van der Waals surface area (Å²) in [7, 11) is 0. The van der Waals surface area contributed by atoms with Crippen molar-refractivity contribution < 1.29 is 28.6 Å². The number of β-amino-alcohol motifs (C(OH)–C–C–N with tert-alkyl or cyclic N) is 1. The first-order valence-electron chi connectivity index (χ1n) is 11.7. The molecule has 1 aromatic carbocycles. The van der Waals surface area contributed by atoms with Gasteiger partial charge in [0.25, 0.3) is 5.91 Å². The van der Waals surface area contributed by atoms with Crippen molar-refractivity contribution in [3.63, 3.8) is 0 Å². The average Bonchev–Trinajstić information content (AvgIpc) is 3.61. The summed E-state index contributed by atoms with van der Waals surface area (Å²) >= 11 is 0. The van der Waals surface area contributed by atoms with Crippen LogP contribution in [0.25, 0.3) is 0 Å². The SMILES string of the molecule is C[C@H]1C(=O)N(CC[C@H](F)C(=O)N2CCC3(CC3)[C@H](O)C2)CCN1C(=O)OCc1ccccc1. The topological polar surface area (TPSA) is 90.4 Å². The van der Waals surface area contributed by atoms with E-state index in [1.54, 1.807) is 6.92 Å². The Kier molecular flexibility index (Phi) is 6.88. The van der Waals surface area contributed by atoms with E-state index >= 15 is 0 Å². The van der Waals surface area contributed by atoms with Crippen LogP contribution in [-0.2, 0) is 20.9 Å². The summed E-state index contributed by atoms with van der Waals surface area (Å²) in [6.07, 6.45) is -0.307. The molecule has 3 amide bonds. The molecule has 3 atom stereocenters. The lowest BCUT2D eigenvalue weighted by molar-refractivity contribution is -0.144. The summed E-state index contributed by atoms with van der Waals surface area (Å²) in [6, 6.07) is 8.57. The quantitative estimate of drug-likeness (QED) is 0.700. The Morgan fingerprint density at radius 2 is 1.91 bits per heavy atom. The molecule has 1 spiro atoms. The Hall–Kier alpha value is -2.68. The van der Waals surface area contributed by atoms with Gasteiger partial charge in [0.05, 0.1) is 6.10 Å². The maximum atomic E-state index is 14.7. The summed E-state index contributed by atoms with van der Waals surface area (Å²) < 4.78 is 20.0. The molecule has 0 radical (unpaired) electrons. The number of carbonyl (C=O) groups is 3. The van der Waals surface area contributed by atoms with Crippen molar-refractivity contribution in [3.8, 4) is 0 Å². The normalized spacial score (nSPS) is 25.2. The van der Waals surface area contributed by atoms with Crippen LogP contribution in [0.2, 0.25) is 0 Å². The van der Waals surface area contributed by atoms with Gasteiger partial charge in [0.15, 0.2) is 6.17 Å². The zero-order chi connectivity index (χ0) is 23.6. The molecule has 33 heavy (non-hydrogen) atoms. The van der Waals surface area contributed by atoms with Gasteiger partial charge in [-0.25, -0.2) is 9.18 Å². The van der Waals surface area contributed by atoms with Crippen molar-refractivity contribution in [2.75, 3.05) is 32.7 Å². The number of piperidine rings is 1. The fraction of sp³-hybridized carbons (Fsp3) is 0.625. The monoisotopic (exact) mass is 461 g/mol. The first-order chi connectivity index (χ1) is 15.8. The van der Waals surface area contributed by atoms with E-state index in [0.717, 1.165) is 18.4 Å². The number of likely N-dealkylation sites (tertiary alicyclic amines) is 1. The molecule has 1 aliphatic carbocycles. The molecular formula is C24H32FN3O5. The lowest BCUT2D eigenvalue weighted by Crippen LogP contribution is -2.58. The Bertz CT molecular complexity index is 878. The molecule has 180 valence electrons. The molecule has 8 nitrogen and oxygen atoms in total. The van der Waals surface area contributed by atoms with Crippen molar-refractivity contribution in [1.29, 1.82) is 0 Å². The molecule has 1 saturated carbocycles. The number of halogens is 1. The predicted octanol–water partition coefficient (Wildman–Crippen LogP) is 1.96. The van der Waals surface area contributed by atoms with Crippen molar-refractivity contribution in [2.45, 2.75) is 57.5 Å². The number of nitrogens with zero attached hydrogens (tertiary/aromatic N) is 3. The predicted molar refractivity (Wildman–Crippen MR) is 118 cm³/mol. The van der Waals surface area contributed by atoms with E-state index in [4.69, 9.17) is 4.74 Å². The van der Waals surface area contributed by atoms with Crippen molar-refractivity contribution >= 4 is 17.9 Å². The molecule has 1 N–H and O–H groups in total. The number of aliphatic hydroxyl groups excluding tert-OH is 1. The highest BCUT2D eigenvalue weighted by molar-refractivity contribution is 5.86. The Morgan fingerprint density at radius 3 is 2.58 bits per heavy atom. The van der Waals surface area contributed by atoms with Crippen molar-refractivity contribution in [1.82, 2.24) is 14.7 Å². The molecule has 3 aliphatic rings. The summed E-state index contributed by atoms with van der Waals surface area (Å²) in [6.45, 7) is 3.04. The minimum Gasteiger partial charge on any atom is -0.445 e. The van der Waals surface area contributed by atoms with E-state index in [1.165, 1.54) is 14.7 Å². The summed E-state index contributed by atoms with van der Waals surface area (Å²) in [5, 5.41) is 10.3. The smallest absolute Gasteiger partial charge is 0.410 e. The minimum atomic E-state index is -1.72. The van der Waals surface area contributed by atoms with Gasteiger partial charge in [-0.1, -0.05) is 30.3 Å². The van der Waals surface area contributed by atoms with Crippen LogP contribution in [0, 0.1) is 5.41 Å². The third-order valence-electron chi connectivity index (χ3n) is 7.29. The fourth-order valence-corrected chi connectivity index (χ4v) is 4.76. The fourth-order valence-electron chi connectivity index (χ4n) is 4.76. The molecule has 0 aromatic heterocycles. The molecule has 0 unspecified atom stereocenters. The second kappa shape index (κ2) is 9.67. The molecule has 1 aromatic rings. The molecule has 2 saturated heterocycles. The van der Waals surface area contributed by atoms with Gasteiger partial charge in [0.1, 0.15) is 12.6 Å². The Morgan fingerprint density at radius 1 is 1.18 bits per heavy atom. The summed E-state index contributed by atoms with van der Waals surface area (Å²) in [4.78, 5) is 42.0. The maximum absolute atomic E-state index is 14.7. The number of hydrogen-bond donors (Lipinski definition) is 1. The molecule has 3 fully saturated rings. The van der Waals surface area contributed by atoms with Crippen molar-refractivity contribution in [2.24, 2.45) is 5.41 Å². The van der Waals surface area contributed by atoms with E-state index < -0.39 is 30.3 Å². The molecular weight excluding hydrogens is 429 g/mol. The van der Waals surface area contributed by atoms with Gasteiger partial charge in [-0.05, 0) is 37.2 Å². The van der Waals surface area contributed by atoms with Crippen LogP contribution >= 0.6 is 0 Å². The number of ether oxygens (including phenoxy) is 1. The number of carbonyl (C=O) groups excluding carboxylic acids is 3. The number of aliphatic hydroxyl groups is 1. The Balaban J connectivity index is 1.22. The van der Waals surface area contributed by atoms with E-state index in [1.807, 2.05) is 30.3 Å². The number of benzene rings is 1. The highest BCUT2D eigenvalue weighted by Crippen LogP contribution is 2.53. The Labute approximate surface area is 193 Å². The van der Waals surface area contributed by atoms with Gasteiger partial charge in [-0.15, -0.1) is 0 Å². The number of hydrogen-bond acceptors (Lipinski definition) is 5. The number of amides is 3. The van der Waals surface area contributed by atoms with Crippen LogP contribution in [0.1, 0.15) is 38.2 Å². The third kappa shape index (κ3) is 5.13. The molecule has 4 rings (SSSR count). The van der Waals surface area contributed by atoms with Crippen LogP contribution in [0.4, 0.5) is 9.18 Å². The van der Waals surface area contributed by atoms with Crippen LogP contribution in [0.15, 0.2) is 30.3 Å². The molecule has 2 aliphatic heterocycles.